The second-order valence-electron chi connectivity index (χ2n) is 4.11. The van der Waals surface area contributed by atoms with Crippen molar-refractivity contribution in [1.29, 1.82) is 0 Å². The Bertz CT molecular complexity index is 378. The van der Waals surface area contributed by atoms with E-state index in [1.165, 1.54) is 0 Å². The molecular formula is C13H20N2O2. The zero-order valence-electron chi connectivity index (χ0n) is 10.2. The second kappa shape index (κ2) is 6.91. The van der Waals surface area contributed by atoms with Crippen molar-refractivity contribution in [3.05, 3.63) is 29.3 Å². The monoisotopic (exact) mass is 236 g/mol. The summed E-state index contributed by atoms with van der Waals surface area (Å²) < 4.78 is 0. The van der Waals surface area contributed by atoms with E-state index in [4.69, 9.17) is 5.73 Å². The number of amides is 1. The first-order valence-corrected chi connectivity index (χ1v) is 5.93. The Morgan fingerprint density at radius 3 is 2.76 bits per heavy atom. The van der Waals surface area contributed by atoms with Crippen LogP contribution in [0.3, 0.4) is 0 Å². The maximum Gasteiger partial charge on any atom is 0.251 e. The summed E-state index contributed by atoms with van der Waals surface area (Å²) >= 11 is 0. The summed E-state index contributed by atoms with van der Waals surface area (Å²) in [6.07, 6.45) is 2.97. The Labute approximate surface area is 102 Å². The molecule has 4 heteroatoms. The first-order chi connectivity index (χ1) is 8.15. The summed E-state index contributed by atoms with van der Waals surface area (Å²) in [4.78, 5) is 11.7. The molecule has 0 saturated heterocycles. The minimum atomic E-state index is -0.0964. The number of carbonyl (C=O) groups is 1. The number of carbonyl (C=O) groups excluding carboxylic acids is 1. The van der Waals surface area contributed by atoms with E-state index in [9.17, 15) is 9.90 Å². The molecule has 94 valence electrons. The number of rotatable bonds is 6. The summed E-state index contributed by atoms with van der Waals surface area (Å²) in [6.45, 7) is 3.14. The van der Waals surface area contributed by atoms with Crippen molar-refractivity contribution in [3.63, 3.8) is 0 Å². The molecule has 0 spiro atoms. The molecule has 0 heterocycles. The third-order valence-electron chi connectivity index (χ3n) is 2.63. The van der Waals surface area contributed by atoms with Crippen molar-refractivity contribution in [2.24, 2.45) is 5.73 Å². The van der Waals surface area contributed by atoms with Crippen LogP contribution < -0.4 is 11.1 Å². The van der Waals surface area contributed by atoms with Gasteiger partial charge in [0.05, 0.1) is 0 Å². The van der Waals surface area contributed by atoms with Crippen molar-refractivity contribution in [2.75, 3.05) is 13.1 Å². The van der Waals surface area contributed by atoms with Crippen LogP contribution in [-0.4, -0.2) is 24.1 Å². The van der Waals surface area contributed by atoms with Crippen molar-refractivity contribution >= 4 is 5.91 Å². The van der Waals surface area contributed by atoms with Gasteiger partial charge in [-0.3, -0.25) is 4.79 Å². The van der Waals surface area contributed by atoms with E-state index in [2.05, 4.69) is 5.32 Å². The molecule has 0 aliphatic heterocycles. The lowest BCUT2D eigenvalue weighted by molar-refractivity contribution is 0.0953. The lowest BCUT2D eigenvalue weighted by atomic mass is 10.1. The number of benzene rings is 1. The number of hydrogen-bond donors (Lipinski definition) is 3. The van der Waals surface area contributed by atoms with Gasteiger partial charge < -0.3 is 16.2 Å². The van der Waals surface area contributed by atoms with Gasteiger partial charge in [-0.25, -0.2) is 0 Å². The van der Waals surface area contributed by atoms with Crippen LogP contribution in [0.1, 0.15) is 35.2 Å². The van der Waals surface area contributed by atoms with E-state index in [1.807, 2.05) is 0 Å². The topological polar surface area (TPSA) is 75.4 Å². The van der Waals surface area contributed by atoms with Crippen LogP contribution in [0.25, 0.3) is 0 Å². The Kier molecular flexibility index (Phi) is 5.49. The van der Waals surface area contributed by atoms with Crippen LogP contribution in [0.5, 0.6) is 5.75 Å². The van der Waals surface area contributed by atoms with E-state index in [0.717, 1.165) is 19.3 Å². The molecule has 0 aliphatic carbocycles. The molecule has 0 unspecified atom stereocenters. The van der Waals surface area contributed by atoms with Crippen LogP contribution in [0.2, 0.25) is 0 Å². The molecule has 4 nitrogen and oxygen atoms in total. The molecule has 0 radical (unpaired) electrons. The van der Waals surface area contributed by atoms with Crippen LogP contribution in [0.4, 0.5) is 0 Å². The maximum absolute atomic E-state index is 11.7. The number of phenols is 1. The number of phenolic OH excluding ortho intramolecular Hbond substituents is 1. The van der Waals surface area contributed by atoms with Crippen LogP contribution >= 0.6 is 0 Å². The predicted octanol–water partition coefficient (Wildman–Crippen LogP) is 1.56. The highest BCUT2D eigenvalue weighted by Crippen LogP contribution is 2.16. The van der Waals surface area contributed by atoms with Gasteiger partial charge in [0.15, 0.2) is 0 Å². The van der Waals surface area contributed by atoms with Crippen molar-refractivity contribution in [1.82, 2.24) is 5.32 Å². The molecule has 0 saturated carbocycles. The summed E-state index contributed by atoms with van der Waals surface area (Å²) in [6, 6.07) is 4.85. The van der Waals surface area contributed by atoms with Gasteiger partial charge in [-0.05, 0) is 50.1 Å². The normalized spacial score (nSPS) is 10.2. The molecule has 0 bridgehead atoms. The van der Waals surface area contributed by atoms with E-state index in [0.29, 0.717) is 24.2 Å². The third-order valence-corrected chi connectivity index (χ3v) is 2.63. The Morgan fingerprint density at radius 2 is 2.12 bits per heavy atom. The minimum Gasteiger partial charge on any atom is -0.508 e. The van der Waals surface area contributed by atoms with Gasteiger partial charge in [0.2, 0.25) is 0 Å². The molecule has 1 amide bonds. The molecule has 17 heavy (non-hydrogen) atoms. The van der Waals surface area contributed by atoms with Gasteiger partial charge in [-0.15, -0.1) is 0 Å². The van der Waals surface area contributed by atoms with Crippen molar-refractivity contribution in [3.8, 4) is 5.75 Å². The average molecular weight is 236 g/mol. The molecule has 1 rings (SSSR count). The predicted molar refractivity (Wildman–Crippen MR) is 68.1 cm³/mol. The van der Waals surface area contributed by atoms with Crippen LogP contribution in [0, 0.1) is 6.92 Å². The lowest BCUT2D eigenvalue weighted by Gasteiger charge is -2.06. The Balaban J connectivity index is 2.39. The van der Waals surface area contributed by atoms with E-state index < -0.39 is 0 Å². The van der Waals surface area contributed by atoms with Gasteiger partial charge in [-0.1, -0.05) is 6.42 Å². The molecule has 1 aromatic rings. The SMILES string of the molecule is Cc1cc(C(=O)NCCCCCN)ccc1O. The van der Waals surface area contributed by atoms with Gasteiger partial charge in [-0.2, -0.15) is 0 Å². The molecule has 0 aromatic heterocycles. The highest BCUT2D eigenvalue weighted by molar-refractivity contribution is 5.94. The third kappa shape index (κ3) is 4.44. The average Bonchev–Trinajstić information content (AvgIpc) is 2.32. The first kappa shape index (κ1) is 13.5. The van der Waals surface area contributed by atoms with E-state index in [1.54, 1.807) is 25.1 Å². The zero-order valence-corrected chi connectivity index (χ0v) is 10.2. The Hall–Kier alpha value is -1.55. The number of aromatic hydroxyl groups is 1. The largest absolute Gasteiger partial charge is 0.508 e. The summed E-state index contributed by atoms with van der Waals surface area (Å²) in [5.74, 6) is 0.116. The number of nitrogens with two attached hydrogens (primary N) is 1. The molecule has 1 aromatic carbocycles. The van der Waals surface area contributed by atoms with Gasteiger partial charge >= 0.3 is 0 Å². The Morgan fingerprint density at radius 1 is 1.35 bits per heavy atom. The maximum atomic E-state index is 11.7. The summed E-state index contributed by atoms with van der Waals surface area (Å²) in [5.41, 5.74) is 6.67. The quantitative estimate of drug-likeness (QED) is 0.656. The van der Waals surface area contributed by atoms with Gasteiger partial charge in [0, 0.05) is 12.1 Å². The lowest BCUT2D eigenvalue weighted by Crippen LogP contribution is -2.24. The fourth-order valence-electron chi connectivity index (χ4n) is 1.55. The molecule has 0 fully saturated rings. The molecule has 0 atom stereocenters. The van der Waals surface area contributed by atoms with Crippen LogP contribution in [0.15, 0.2) is 18.2 Å². The summed E-state index contributed by atoms with van der Waals surface area (Å²) in [5, 5.41) is 12.2. The number of unbranched alkanes of at least 4 members (excludes halogenated alkanes) is 2. The fourth-order valence-corrected chi connectivity index (χ4v) is 1.55. The number of hydrogen-bond acceptors (Lipinski definition) is 3. The molecular weight excluding hydrogens is 216 g/mol. The zero-order chi connectivity index (χ0) is 12.7. The highest BCUT2D eigenvalue weighted by Gasteiger charge is 2.06. The molecule has 4 N–H and O–H groups in total. The van der Waals surface area contributed by atoms with Crippen molar-refractivity contribution < 1.29 is 9.90 Å². The first-order valence-electron chi connectivity index (χ1n) is 5.93. The number of nitrogens with one attached hydrogen (secondary N) is 1. The number of aryl methyl sites for hydroxylation is 1. The molecule has 0 aliphatic rings. The smallest absolute Gasteiger partial charge is 0.251 e. The second-order valence-corrected chi connectivity index (χ2v) is 4.11. The van der Waals surface area contributed by atoms with Crippen molar-refractivity contribution in [2.45, 2.75) is 26.2 Å². The van der Waals surface area contributed by atoms with E-state index in [-0.39, 0.29) is 11.7 Å². The van der Waals surface area contributed by atoms with Crippen LogP contribution in [-0.2, 0) is 0 Å². The minimum absolute atomic E-state index is 0.0964. The standard InChI is InChI=1S/C13H20N2O2/c1-10-9-11(5-6-12(10)16)13(17)15-8-4-2-3-7-14/h5-6,9,16H,2-4,7-8,14H2,1H3,(H,15,17). The van der Waals surface area contributed by atoms with Gasteiger partial charge in [0.1, 0.15) is 5.75 Å². The fraction of sp³-hybridized carbons (Fsp3) is 0.462. The van der Waals surface area contributed by atoms with Gasteiger partial charge in [0.25, 0.3) is 5.91 Å². The highest BCUT2D eigenvalue weighted by atomic mass is 16.3. The van der Waals surface area contributed by atoms with E-state index >= 15 is 0 Å². The summed E-state index contributed by atoms with van der Waals surface area (Å²) in [7, 11) is 0.